The van der Waals surface area contributed by atoms with Crippen LogP contribution in [0.2, 0.25) is 0 Å². The van der Waals surface area contributed by atoms with Crippen molar-refractivity contribution in [2.45, 2.75) is 19.4 Å². The van der Waals surface area contributed by atoms with Crippen LogP contribution in [0.1, 0.15) is 24.9 Å². The monoisotopic (exact) mass is 226 g/mol. The minimum absolute atomic E-state index is 0.175. The van der Waals surface area contributed by atoms with Crippen molar-refractivity contribution in [1.29, 1.82) is 0 Å². The average molecular weight is 226 g/mol. The van der Waals surface area contributed by atoms with Crippen molar-refractivity contribution in [2.24, 2.45) is 11.8 Å². The van der Waals surface area contributed by atoms with Gasteiger partial charge >= 0.3 is 0 Å². The van der Waals surface area contributed by atoms with Gasteiger partial charge in [0.1, 0.15) is 5.82 Å². The molecule has 0 aliphatic heterocycles. The van der Waals surface area contributed by atoms with Crippen molar-refractivity contribution in [2.75, 3.05) is 13.7 Å². The number of rotatable bonds is 6. The number of halogens is 1. The highest BCUT2D eigenvalue weighted by molar-refractivity contribution is 5.21. The molecule has 0 amide bonds. The first-order valence-electron chi connectivity index (χ1n) is 5.38. The Bertz CT molecular complexity index is 320. The molecule has 0 saturated carbocycles. The minimum atomic E-state index is -0.227. The van der Waals surface area contributed by atoms with E-state index in [4.69, 9.17) is 10.6 Å². The highest BCUT2D eigenvalue weighted by Crippen LogP contribution is 2.22. The van der Waals surface area contributed by atoms with E-state index in [0.29, 0.717) is 18.1 Å². The minimum Gasteiger partial charge on any atom is -0.384 e. The molecule has 0 radical (unpaired) electrons. The predicted molar refractivity (Wildman–Crippen MR) is 62.1 cm³/mol. The summed E-state index contributed by atoms with van der Waals surface area (Å²) in [4.78, 5) is 0. The second-order valence-electron chi connectivity index (χ2n) is 4.04. The standard InChI is InChI=1S/C12H19FN2O/c1-9(8-16-2)7-12(15-14)10-5-3-4-6-11(10)13/h3-6,9,12,15H,7-8,14H2,1-2H3. The molecule has 0 aromatic heterocycles. The molecule has 2 atom stereocenters. The summed E-state index contributed by atoms with van der Waals surface area (Å²) >= 11 is 0. The van der Waals surface area contributed by atoms with E-state index >= 15 is 0 Å². The van der Waals surface area contributed by atoms with E-state index in [-0.39, 0.29) is 11.9 Å². The Labute approximate surface area is 95.8 Å². The zero-order valence-corrected chi connectivity index (χ0v) is 9.74. The summed E-state index contributed by atoms with van der Waals surface area (Å²) in [7, 11) is 1.66. The highest BCUT2D eigenvalue weighted by Gasteiger charge is 2.16. The lowest BCUT2D eigenvalue weighted by Crippen LogP contribution is -2.30. The molecule has 1 aromatic rings. The predicted octanol–water partition coefficient (Wildman–Crippen LogP) is 2.00. The summed E-state index contributed by atoms with van der Waals surface area (Å²) in [5.41, 5.74) is 3.26. The van der Waals surface area contributed by atoms with Crippen molar-refractivity contribution >= 4 is 0 Å². The van der Waals surface area contributed by atoms with Crippen LogP contribution < -0.4 is 11.3 Å². The van der Waals surface area contributed by atoms with Gasteiger partial charge in [-0.1, -0.05) is 25.1 Å². The van der Waals surface area contributed by atoms with Gasteiger partial charge in [-0.25, -0.2) is 4.39 Å². The highest BCUT2D eigenvalue weighted by atomic mass is 19.1. The molecule has 16 heavy (non-hydrogen) atoms. The van der Waals surface area contributed by atoms with Crippen LogP contribution in [0.4, 0.5) is 4.39 Å². The van der Waals surface area contributed by atoms with Crippen LogP contribution in [-0.4, -0.2) is 13.7 Å². The first-order chi connectivity index (χ1) is 7.69. The molecule has 0 bridgehead atoms. The number of ether oxygens (including phenoxy) is 1. The van der Waals surface area contributed by atoms with Gasteiger partial charge in [0, 0.05) is 25.3 Å². The van der Waals surface area contributed by atoms with Crippen LogP contribution in [0, 0.1) is 11.7 Å². The quantitative estimate of drug-likeness (QED) is 0.576. The van der Waals surface area contributed by atoms with Crippen LogP contribution in [0.25, 0.3) is 0 Å². The van der Waals surface area contributed by atoms with E-state index < -0.39 is 0 Å². The Balaban J connectivity index is 2.71. The molecule has 3 nitrogen and oxygen atoms in total. The van der Waals surface area contributed by atoms with E-state index in [0.717, 1.165) is 6.42 Å². The fourth-order valence-corrected chi connectivity index (χ4v) is 1.80. The first-order valence-corrected chi connectivity index (χ1v) is 5.38. The van der Waals surface area contributed by atoms with Gasteiger partial charge in [0.25, 0.3) is 0 Å². The van der Waals surface area contributed by atoms with E-state index in [9.17, 15) is 4.39 Å². The smallest absolute Gasteiger partial charge is 0.128 e. The third kappa shape index (κ3) is 3.56. The number of hydrazine groups is 1. The van der Waals surface area contributed by atoms with Crippen LogP contribution in [0.3, 0.4) is 0 Å². The Morgan fingerprint density at radius 2 is 2.12 bits per heavy atom. The van der Waals surface area contributed by atoms with Crippen LogP contribution in [0.5, 0.6) is 0 Å². The molecule has 1 rings (SSSR count). The molecule has 0 aliphatic carbocycles. The van der Waals surface area contributed by atoms with E-state index in [1.165, 1.54) is 6.07 Å². The van der Waals surface area contributed by atoms with Crippen molar-refractivity contribution in [1.82, 2.24) is 5.43 Å². The van der Waals surface area contributed by atoms with Crippen molar-refractivity contribution in [3.05, 3.63) is 35.6 Å². The third-order valence-corrected chi connectivity index (χ3v) is 2.57. The summed E-state index contributed by atoms with van der Waals surface area (Å²) in [5, 5.41) is 0. The molecule has 2 unspecified atom stereocenters. The number of hydrogen-bond acceptors (Lipinski definition) is 3. The van der Waals surface area contributed by atoms with Gasteiger partial charge in [-0.2, -0.15) is 0 Å². The fraction of sp³-hybridized carbons (Fsp3) is 0.500. The maximum absolute atomic E-state index is 13.5. The van der Waals surface area contributed by atoms with Crippen molar-refractivity contribution in [3.8, 4) is 0 Å². The van der Waals surface area contributed by atoms with E-state index in [2.05, 4.69) is 12.3 Å². The summed E-state index contributed by atoms with van der Waals surface area (Å²) in [5.74, 6) is 5.56. The Morgan fingerprint density at radius 1 is 1.44 bits per heavy atom. The van der Waals surface area contributed by atoms with Crippen molar-refractivity contribution < 1.29 is 9.13 Å². The average Bonchev–Trinajstić information content (AvgIpc) is 2.27. The maximum atomic E-state index is 13.5. The normalized spacial score (nSPS) is 14.8. The van der Waals surface area contributed by atoms with Gasteiger partial charge in [-0.05, 0) is 18.4 Å². The SMILES string of the molecule is COCC(C)CC(NN)c1ccccc1F. The Morgan fingerprint density at radius 3 is 2.69 bits per heavy atom. The molecule has 4 heteroatoms. The van der Waals surface area contributed by atoms with Gasteiger partial charge in [0.15, 0.2) is 0 Å². The number of nitrogens with two attached hydrogens (primary N) is 1. The van der Waals surface area contributed by atoms with Crippen molar-refractivity contribution in [3.63, 3.8) is 0 Å². The molecule has 0 spiro atoms. The summed E-state index contributed by atoms with van der Waals surface area (Å²) in [6.07, 6.45) is 0.741. The van der Waals surface area contributed by atoms with Gasteiger partial charge < -0.3 is 4.74 Å². The summed E-state index contributed by atoms with van der Waals surface area (Å²) in [6.45, 7) is 2.70. The largest absolute Gasteiger partial charge is 0.384 e. The van der Waals surface area contributed by atoms with Crippen LogP contribution in [0.15, 0.2) is 24.3 Å². The number of benzene rings is 1. The van der Waals surface area contributed by atoms with Gasteiger partial charge in [-0.3, -0.25) is 11.3 Å². The molecule has 0 heterocycles. The number of hydrogen-bond donors (Lipinski definition) is 2. The number of methoxy groups -OCH3 is 1. The second kappa shape index (κ2) is 6.58. The van der Waals surface area contributed by atoms with Gasteiger partial charge in [0.2, 0.25) is 0 Å². The molecule has 3 N–H and O–H groups in total. The molecular formula is C12H19FN2O. The lowest BCUT2D eigenvalue weighted by atomic mass is 9.96. The Hall–Kier alpha value is -0.970. The topological polar surface area (TPSA) is 47.3 Å². The molecule has 1 aromatic carbocycles. The summed E-state index contributed by atoms with van der Waals surface area (Å²) in [6, 6.07) is 6.50. The van der Waals surface area contributed by atoms with E-state index in [1.807, 2.05) is 6.07 Å². The van der Waals surface area contributed by atoms with E-state index in [1.54, 1.807) is 19.2 Å². The third-order valence-electron chi connectivity index (χ3n) is 2.57. The molecular weight excluding hydrogens is 207 g/mol. The Kier molecular flexibility index (Phi) is 5.38. The molecule has 0 fully saturated rings. The molecule has 90 valence electrons. The van der Waals surface area contributed by atoms with Gasteiger partial charge in [0.05, 0.1) is 0 Å². The van der Waals surface area contributed by atoms with Crippen LogP contribution in [-0.2, 0) is 4.74 Å². The van der Waals surface area contributed by atoms with Gasteiger partial charge in [-0.15, -0.1) is 0 Å². The first kappa shape index (κ1) is 13.1. The maximum Gasteiger partial charge on any atom is 0.128 e. The second-order valence-corrected chi connectivity index (χ2v) is 4.04. The summed E-state index contributed by atoms with van der Waals surface area (Å²) < 4.78 is 18.6. The zero-order valence-electron chi connectivity index (χ0n) is 9.74. The zero-order chi connectivity index (χ0) is 12.0. The lowest BCUT2D eigenvalue weighted by Gasteiger charge is -2.20. The van der Waals surface area contributed by atoms with Crippen LogP contribution >= 0.6 is 0 Å². The number of nitrogens with one attached hydrogen (secondary N) is 1. The molecule has 0 saturated heterocycles. The molecule has 0 aliphatic rings. The fourth-order valence-electron chi connectivity index (χ4n) is 1.80. The lowest BCUT2D eigenvalue weighted by molar-refractivity contribution is 0.149.